The molecule has 0 unspecified atom stereocenters. The fraction of sp³-hybridized carbons (Fsp3) is 0.500. The van der Waals surface area contributed by atoms with Gasteiger partial charge in [-0.15, -0.1) is 0 Å². The van der Waals surface area contributed by atoms with Gasteiger partial charge in [0.05, 0.1) is 11.1 Å². The minimum absolute atomic E-state index is 0.274. The second-order valence-electron chi connectivity index (χ2n) is 8.02. The summed E-state index contributed by atoms with van der Waals surface area (Å²) in [4.78, 5) is 2.62. The summed E-state index contributed by atoms with van der Waals surface area (Å²) in [5, 5.41) is 0. The molecule has 2 aliphatic rings. The van der Waals surface area contributed by atoms with Gasteiger partial charge >= 0.3 is 0 Å². The number of likely N-dealkylation sites (tertiary alicyclic amines) is 1. The van der Waals surface area contributed by atoms with Crippen molar-refractivity contribution in [3.8, 4) is 17.2 Å². The van der Waals surface area contributed by atoms with Gasteiger partial charge in [0.15, 0.2) is 11.5 Å². The summed E-state index contributed by atoms with van der Waals surface area (Å²) in [6.07, 6.45) is 5.05. The molecule has 2 aromatic rings. The number of hydrogen-bond acceptors (Lipinski definition) is 4. The number of piperidine rings is 1. The quantitative estimate of drug-likeness (QED) is 0.463. The highest BCUT2D eigenvalue weighted by Crippen LogP contribution is 2.41. The first-order valence-corrected chi connectivity index (χ1v) is 11.5. The van der Waals surface area contributed by atoms with Gasteiger partial charge in [-0.05, 0) is 53.3 Å². The molecule has 2 heterocycles. The van der Waals surface area contributed by atoms with E-state index in [0.717, 1.165) is 28.3 Å². The number of rotatable bonds is 8. The fourth-order valence-electron chi connectivity index (χ4n) is 4.41. The van der Waals surface area contributed by atoms with Gasteiger partial charge in [0.2, 0.25) is 6.79 Å². The van der Waals surface area contributed by atoms with E-state index in [2.05, 4.69) is 58.1 Å². The van der Waals surface area contributed by atoms with Gasteiger partial charge in [-0.3, -0.25) is 0 Å². The van der Waals surface area contributed by atoms with Crippen LogP contribution in [0.25, 0.3) is 0 Å². The van der Waals surface area contributed by atoms with E-state index in [1.165, 1.54) is 44.3 Å². The molecule has 0 N–H and O–H groups in total. The maximum Gasteiger partial charge on any atom is 0.231 e. The Morgan fingerprint density at radius 2 is 1.90 bits per heavy atom. The average molecular weight is 460 g/mol. The molecule has 2 aromatic carbocycles. The number of ether oxygens (including phenoxy) is 3. The van der Waals surface area contributed by atoms with Crippen LogP contribution >= 0.6 is 15.9 Å². The van der Waals surface area contributed by atoms with Crippen LogP contribution in [0.3, 0.4) is 0 Å². The topological polar surface area (TPSA) is 30.9 Å². The summed E-state index contributed by atoms with van der Waals surface area (Å²) < 4.78 is 18.2. The second kappa shape index (κ2) is 9.86. The molecule has 0 radical (unpaired) electrons. The van der Waals surface area contributed by atoms with E-state index in [0.29, 0.717) is 18.4 Å². The highest BCUT2D eigenvalue weighted by atomic mass is 79.9. The zero-order valence-corrected chi connectivity index (χ0v) is 18.7. The Hall–Kier alpha value is -1.72. The smallest absolute Gasteiger partial charge is 0.231 e. The number of fused-ring (bicyclic) bond motifs is 1. The lowest BCUT2D eigenvalue weighted by Gasteiger charge is -2.39. The van der Waals surface area contributed by atoms with E-state index in [4.69, 9.17) is 14.2 Å². The summed E-state index contributed by atoms with van der Waals surface area (Å²) in [5.41, 5.74) is 1.43. The van der Waals surface area contributed by atoms with Crippen LogP contribution in [-0.4, -0.2) is 37.9 Å². The van der Waals surface area contributed by atoms with E-state index in [1.54, 1.807) is 0 Å². The Balaban J connectivity index is 1.46. The van der Waals surface area contributed by atoms with Crippen molar-refractivity contribution in [3.05, 3.63) is 52.5 Å². The maximum absolute atomic E-state index is 6.32. The molecule has 1 fully saturated rings. The van der Waals surface area contributed by atoms with Crippen molar-refractivity contribution in [2.75, 3.05) is 33.0 Å². The summed E-state index contributed by atoms with van der Waals surface area (Å²) in [6, 6.07) is 14.8. The van der Waals surface area contributed by atoms with Crippen molar-refractivity contribution in [3.63, 3.8) is 0 Å². The lowest BCUT2D eigenvalue weighted by atomic mass is 9.81. The molecule has 29 heavy (non-hydrogen) atoms. The number of halogens is 1. The number of benzene rings is 2. The number of nitrogens with zero attached hydrogens (tertiary/aromatic N) is 1. The Morgan fingerprint density at radius 1 is 1.10 bits per heavy atom. The van der Waals surface area contributed by atoms with Crippen LogP contribution in [0.5, 0.6) is 17.2 Å². The standard InChI is InChI=1S/C24H30BrNO3/c1-2-3-7-11-26-12-10-20(18-8-5-4-6-9-18)19(15-26)16-27-22-14-24-23(13-21(22)25)28-17-29-24/h4-6,8-9,13-14,19-20H,2-3,7,10-12,15-17H2,1H3/t19-,20-/m0/s1. The molecule has 1 saturated heterocycles. The number of hydrogen-bond donors (Lipinski definition) is 0. The van der Waals surface area contributed by atoms with Gasteiger partial charge in [0.25, 0.3) is 0 Å². The molecule has 2 atom stereocenters. The molecule has 0 saturated carbocycles. The van der Waals surface area contributed by atoms with E-state index in [1.807, 2.05) is 12.1 Å². The zero-order valence-electron chi connectivity index (χ0n) is 17.1. The van der Waals surface area contributed by atoms with Gasteiger partial charge in [0, 0.05) is 24.6 Å². The van der Waals surface area contributed by atoms with Crippen LogP contribution in [-0.2, 0) is 0 Å². The SMILES string of the molecule is CCCCCN1CC[C@@H](c2ccccc2)[C@H](COc2cc3c(cc2Br)OCO3)C1. The Morgan fingerprint density at radius 3 is 2.69 bits per heavy atom. The molecule has 2 aliphatic heterocycles. The predicted molar refractivity (Wildman–Crippen MR) is 119 cm³/mol. The van der Waals surface area contributed by atoms with Crippen molar-refractivity contribution >= 4 is 15.9 Å². The highest BCUT2D eigenvalue weighted by Gasteiger charge is 2.31. The molecule has 5 heteroatoms. The molecule has 0 spiro atoms. The third-order valence-corrected chi connectivity index (χ3v) is 6.62. The summed E-state index contributed by atoms with van der Waals surface area (Å²) >= 11 is 3.62. The lowest BCUT2D eigenvalue weighted by Crippen LogP contribution is -2.42. The average Bonchev–Trinajstić information content (AvgIpc) is 3.20. The van der Waals surface area contributed by atoms with Gasteiger partial charge in [0.1, 0.15) is 5.75 Å². The molecule has 156 valence electrons. The molecule has 4 rings (SSSR count). The summed E-state index contributed by atoms with van der Waals surface area (Å²) in [5.74, 6) is 3.35. The normalized spacial score (nSPS) is 21.3. The van der Waals surface area contributed by atoms with Crippen molar-refractivity contribution in [2.24, 2.45) is 5.92 Å². The van der Waals surface area contributed by atoms with E-state index in [-0.39, 0.29) is 6.79 Å². The maximum atomic E-state index is 6.32. The highest BCUT2D eigenvalue weighted by molar-refractivity contribution is 9.10. The van der Waals surface area contributed by atoms with E-state index >= 15 is 0 Å². The monoisotopic (exact) mass is 459 g/mol. The molecule has 0 aromatic heterocycles. The van der Waals surface area contributed by atoms with Crippen LogP contribution in [0.1, 0.15) is 44.1 Å². The zero-order chi connectivity index (χ0) is 20.1. The summed E-state index contributed by atoms with van der Waals surface area (Å²) in [6.45, 7) is 6.69. The van der Waals surface area contributed by atoms with E-state index in [9.17, 15) is 0 Å². The van der Waals surface area contributed by atoms with Crippen LogP contribution < -0.4 is 14.2 Å². The Kier molecular flexibility index (Phi) is 6.98. The minimum atomic E-state index is 0.274. The van der Waals surface area contributed by atoms with Crippen molar-refractivity contribution in [1.29, 1.82) is 0 Å². The minimum Gasteiger partial charge on any atom is -0.492 e. The third kappa shape index (κ3) is 5.07. The second-order valence-corrected chi connectivity index (χ2v) is 8.87. The largest absolute Gasteiger partial charge is 0.492 e. The van der Waals surface area contributed by atoms with Gasteiger partial charge in [-0.2, -0.15) is 0 Å². The third-order valence-electron chi connectivity index (χ3n) is 6.00. The van der Waals surface area contributed by atoms with Crippen molar-refractivity contribution in [1.82, 2.24) is 4.90 Å². The van der Waals surface area contributed by atoms with Crippen LogP contribution in [0, 0.1) is 5.92 Å². The Labute approximate surface area is 182 Å². The molecule has 0 bridgehead atoms. The van der Waals surface area contributed by atoms with Crippen LogP contribution in [0.2, 0.25) is 0 Å². The molecular formula is C24H30BrNO3. The lowest BCUT2D eigenvalue weighted by molar-refractivity contribution is 0.109. The first-order valence-electron chi connectivity index (χ1n) is 10.7. The number of unbranched alkanes of at least 4 members (excludes halogenated alkanes) is 2. The molecule has 0 aliphatic carbocycles. The van der Waals surface area contributed by atoms with Crippen LogP contribution in [0.15, 0.2) is 46.9 Å². The van der Waals surface area contributed by atoms with Crippen LogP contribution in [0.4, 0.5) is 0 Å². The molecule has 4 nitrogen and oxygen atoms in total. The fourth-order valence-corrected chi connectivity index (χ4v) is 4.85. The Bertz CT molecular complexity index is 798. The summed E-state index contributed by atoms with van der Waals surface area (Å²) in [7, 11) is 0. The van der Waals surface area contributed by atoms with E-state index < -0.39 is 0 Å². The molecule has 0 amide bonds. The predicted octanol–water partition coefficient (Wildman–Crippen LogP) is 5.85. The van der Waals surface area contributed by atoms with Crippen molar-refractivity contribution in [2.45, 2.75) is 38.5 Å². The molecular weight excluding hydrogens is 430 g/mol. The van der Waals surface area contributed by atoms with Gasteiger partial charge < -0.3 is 19.1 Å². The van der Waals surface area contributed by atoms with Crippen molar-refractivity contribution < 1.29 is 14.2 Å². The van der Waals surface area contributed by atoms with Gasteiger partial charge in [-0.1, -0.05) is 50.1 Å². The van der Waals surface area contributed by atoms with Gasteiger partial charge in [-0.25, -0.2) is 0 Å². The first kappa shape index (κ1) is 20.5. The first-order chi connectivity index (χ1) is 14.2.